The van der Waals surface area contributed by atoms with Gasteiger partial charge in [0.25, 0.3) is 0 Å². The molecular formula is C15H22BrN. The van der Waals surface area contributed by atoms with Crippen LogP contribution in [0.15, 0.2) is 28.7 Å². The molecule has 1 N–H and O–H groups in total. The van der Waals surface area contributed by atoms with E-state index in [1.54, 1.807) is 0 Å². The second-order valence-corrected chi connectivity index (χ2v) is 5.92. The van der Waals surface area contributed by atoms with Gasteiger partial charge >= 0.3 is 0 Å². The zero-order chi connectivity index (χ0) is 12.1. The van der Waals surface area contributed by atoms with Gasteiger partial charge in [-0.2, -0.15) is 0 Å². The molecule has 17 heavy (non-hydrogen) atoms. The summed E-state index contributed by atoms with van der Waals surface area (Å²) >= 11 is 3.68. The first-order valence-electron chi connectivity index (χ1n) is 6.79. The smallest absolute Gasteiger partial charge is 0.0334 e. The van der Waals surface area contributed by atoms with Crippen molar-refractivity contribution in [1.29, 1.82) is 0 Å². The molecule has 2 rings (SSSR count). The lowest BCUT2D eigenvalue weighted by molar-refractivity contribution is 0.261. The highest BCUT2D eigenvalue weighted by atomic mass is 79.9. The van der Waals surface area contributed by atoms with E-state index in [4.69, 9.17) is 0 Å². The van der Waals surface area contributed by atoms with Crippen LogP contribution in [0.4, 0.5) is 0 Å². The minimum absolute atomic E-state index is 0.524. The second kappa shape index (κ2) is 6.55. The Kier molecular flexibility index (Phi) is 5.05. The zero-order valence-corrected chi connectivity index (χ0v) is 12.2. The first kappa shape index (κ1) is 13.1. The molecule has 0 aromatic heterocycles. The van der Waals surface area contributed by atoms with Crippen molar-refractivity contribution in [2.45, 2.75) is 45.1 Å². The van der Waals surface area contributed by atoms with Crippen LogP contribution in [0.5, 0.6) is 0 Å². The molecule has 94 valence electrons. The van der Waals surface area contributed by atoms with Crippen LogP contribution in [0.25, 0.3) is 0 Å². The molecule has 1 aliphatic rings. The van der Waals surface area contributed by atoms with E-state index in [0.29, 0.717) is 6.04 Å². The molecule has 1 atom stereocenters. The van der Waals surface area contributed by atoms with Gasteiger partial charge in [-0.15, -0.1) is 0 Å². The highest BCUT2D eigenvalue weighted by Crippen LogP contribution is 2.36. The maximum absolute atomic E-state index is 3.70. The molecule has 1 aliphatic carbocycles. The summed E-state index contributed by atoms with van der Waals surface area (Å²) in [5.41, 5.74) is 1.42. The van der Waals surface area contributed by atoms with E-state index >= 15 is 0 Å². The summed E-state index contributed by atoms with van der Waals surface area (Å²) in [6.07, 6.45) is 6.78. The summed E-state index contributed by atoms with van der Waals surface area (Å²) in [5.74, 6) is 0.941. The van der Waals surface area contributed by atoms with E-state index in [0.717, 1.165) is 12.5 Å². The predicted molar refractivity (Wildman–Crippen MR) is 77.1 cm³/mol. The molecule has 0 bridgehead atoms. The van der Waals surface area contributed by atoms with Gasteiger partial charge in [-0.05, 0) is 36.9 Å². The topological polar surface area (TPSA) is 12.0 Å². The van der Waals surface area contributed by atoms with Crippen LogP contribution >= 0.6 is 15.9 Å². The van der Waals surface area contributed by atoms with Crippen molar-refractivity contribution < 1.29 is 0 Å². The Morgan fingerprint density at radius 3 is 2.71 bits per heavy atom. The van der Waals surface area contributed by atoms with E-state index in [1.807, 2.05) is 0 Å². The standard InChI is InChI=1S/C15H22BrN/c1-2-10-17-15(11-12-6-5-7-12)13-8-3-4-9-14(13)16/h3-4,8-9,12,15,17H,2,5-7,10-11H2,1H3. The minimum Gasteiger partial charge on any atom is -0.310 e. The summed E-state index contributed by atoms with van der Waals surface area (Å²) in [4.78, 5) is 0. The van der Waals surface area contributed by atoms with Crippen molar-refractivity contribution in [1.82, 2.24) is 5.32 Å². The fraction of sp³-hybridized carbons (Fsp3) is 0.600. The summed E-state index contributed by atoms with van der Waals surface area (Å²) in [6.45, 7) is 3.34. The summed E-state index contributed by atoms with van der Waals surface area (Å²) < 4.78 is 1.24. The van der Waals surface area contributed by atoms with E-state index in [2.05, 4.69) is 52.4 Å². The Balaban J connectivity index is 2.05. The molecule has 1 fully saturated rings. The molecular weight excluding hydrogens is 274 g/mol. The van der Waals surface area contributed by atoms with Gasteiger partial charge < -0.3 is 5.32 Å². The Morgan fingerprint density at radius 2 is 2.12 bits per heavy atom. The molecule has 0 amide bonds. The summed E-state index contributed by atoms with van der Waals surface area (Å²) in [5, 5.41) is 3.70. The molecule has 1 nitrogen and oxygen atoms in total. The van der Waals surface area contributed by atoms with Crippen LogP contribution in [0.2, 0.25) is 0 Å². The Labute approximate surface area is 113 Å². The van der Waals surface area contributed by atoms with E-state index < -0.39 is 0 Å². The number of rotatable bonds is 6. The van der Waals surface area contributed by atoms with Crippen LogP contribution < -0.4 is 5.32 Å². The van der Waals surface area contributed by atoms with Crippen molar-refractivity contribution >= 4 is 15.9 Å². The average molecular weight is 296 g/mol. The number of hydrogen-bond donors (Lipinski definition) is 1. The van der Waals surface area contributed by atoms with Crippen LogP contribution in [-0.4, -0.2) is 6.54 Å². The van der Waals surface area contributed by atoms with E-state index in [9.17, 15) is 0 Å². The molecule has 0 saturated heterocycles. The highest BCUT2D eigenvalue weighted by molar-refractivity contribution is 9.10. The third kappa shape index (κ3) is 3.56. The normalized spacial score (nSPS) is 17.8. The maximum atomic E-state index is 3.70. The third-order valence-corrected chi connectivity index (χ3v) is 4.44. The molecule has 1 saturated carbocycles. The average Bonchev–Trinajstić information content (AvgIpc) is 2.28. The second-order valence-electron chi connectivity index (χ2n) is 5.06. The number of hydrogen-bond acceptors (Lipinski definition) is 1. The maximum Gasteiger partial charge on any atom is 0.0334 e. The number of halogens is 1. The number of benzene rings is 1. The summed E-state index contributed by atoms with van der Waals surface area (Å²) in [7, 11) is 0. The van der Waals surface area contributed by atoms with Gasteiger partial charge in [-0.25, -0.2) is 0 Å². The lowest BCUT2D eigenvalue weighted by Crippen LogP contribution is -2.27. The van der Waals surface area contributed by atoms with Crippen LogP contribution in [-0.2, 0) is 0 Å². The van der Waals surface area contributed by atoms with E-state index in [1.165, 1.54) is 42.1 Å². The van der Waals surface area contributed by atoms with Gasteiger partial charge in [0.2, 0.25) is 0 Å². The lowest BCUT2D eigenvalue weighted by Gasteiger charge is -2.31. The van der Waals surface area contributed by atoms with Gasteiger partial charge in [-0.3, -0.25) is 0 Å². The van der Waals surface area contributed by atoms with Gasteiger partial charge in [0.1, 0.15) is 0 Å². The minimum atomic E-state index is 0.524. The quantitative estimate of drug-likeness (QED) is 0.803. The molecule has 1 aromatic rings. The monoisotopic (exact) mass is 295 g/mol. The van der Waals surface area contributed by atoms with Crippen molar-refractivity contribution in [2.24, 2.45) is 5.92 Å². The van der Waals surface area contributed by atoms with Crippen LogP contribution in [0, 0.1) is 5.92 Å². The molecule has 0 heterocycles. The van der Waals surface area contributed by atoms with E-state index in [-0.39, 0.29) is 0 Å². The molecule has 0 spiro atoms. The Hall–Kier alpha value is -0.340. The third-order valence-electron chi connectivity index (χ3n) is 3.72. The van der Waals surface area contributed by atoms with Crippen molar-refractivity contribution in [3.05, 3.63) is 34.3 Å². The first-order valence-corrected chi connectivity index (χ1v) is 7.58. The Bertz CT molecular complexity index is 347. The van der Waals surface area contributed by atoms with Gasteiger partial charge in [0.05, 0.1) is 0 Å². The zero-order valence-electron chi connectivity index (χ0n) is 10.6. The van der Waals surface area contributed by atoms with Gasteiger partial charge in [0.15, 0.2) is 0 Å². The van der Waals surface area contributed by atoms with Crippen LogP contribution in [0.1, 0.15) is 50.6 Å². The first-order chi connectivity index (χ1) is 8.31. The van der Waals surface area contributed by atoms with Crippen molar-refractivity contribution in [2.75, 3.05) is 6.54 Å². The van der Waals surface area contributed by atoms with Crippen LogP contribution in [0.3, 0.4) is 0 Å². The molecule has 1 aromatic carbocycles. The van der Waals surface area contributed by atoms with Crippen molar-refractivity contribution in [3.63, 3.8) is 0 Å². The SMILES string of the molecule is CCCNC(CC1CCC1)c1ccccc1Br. The Morgan fingerprint density at radius 1 is 1.35 bits per heavy atom. The lowest BCUT2D eigenvalue weighted by atomic mass is 9.79. The predicted octanol–water partition coefficient (Wildman–Crippen LogP) is 4.68. The molecule has 1 unspecified atom stereocenters. The molecule has 0 radical (unpaired) electrons. The summed E-state index contributed by atoms with van der Waals surface area (Å²) in [6, 6.07) is 9.15. The fourth-order valence-electron chi connectivity index (χ4n) is 2.46. The van der Waals surface area contributed by atoms with Gasteiger partial charge in [-0.1, -0.05) is 60.3 Å². The molecule has 0 aliphatic heterocycles. The van der Waals surface area contributed by atoms with Gasteiger partial charge in [0, 0.05) is 10.5 Å². The van der Waals surface area contributed by atoms with Crippen molar-refractivity contribution in [3.8, 4) is 0 Å². The number of nitrogens with one attached hydrogen (secondary N) is 1. The highest BCUT2D eigenvalue weighted by Gasteiger charge is 2.23. The fourth-order valence-corrected chi connectivity index (χ4v) is 3.02. The molecule has 2 heteroatoms. The largest absolute Gasteiger partial charge is 0.310 e.